The lowest BCUT2D eigenvalue weighted by Gasteiger charge is -2.18. The fourth-order valence-electron chi connectivity index (χ4n) is 3.97. The third kappa shape index (κ3) is 5.77. The van der Waals surface area contributed by atoms with Gasteiger partial charge in [-0.25, -0.2) is 4.39 Å². The zero-order valence-corrected chi connectivity index (χ0v) is 19.7. The van der Waals surface area contributed by atoms with Crippen LogP contribution in [0.5, 0.6) is 5.88 Å². The molecule has 1 aromatic heterocycles. The summed E-state index contributed by atoms with van der Waals surface area (Å²) < 4.78 is 22.0. The summed E-state index contributed by atoms with van der Waals surface area (Å²) in [5, 5.41) is 26.6. The minimum Gasteiger partial charge on any atom is -0.481 e. The van der Waals surface area contributed by atoms with Crippen LogP contribution in [0.4, 0.5) is 4.39 Å². The van der Waals surface area contributed by atoms with Crippen molar-refractivity contribution in [1.82, 2.24) is 15.1 Å². The van der Waals surface area contributed by atoms with Crippen LogP contribution in [-0.2, 0) is 17.9 Å². The second kappa shape index (κ2) is 11.3. The Bertz CT molecular complexity index is 1410. The van der Waals surface area contributed by atoms with E-state index in [1.165, 1.54) is 10.7 Å². The van der Waals surface area contributed by atoms with Crippen molar-refractivity contribution < 1.29 is 19.0 Å². The van der Waals surface area contributed by atoms with Crippen molar-refractivity contribution >= 4 is 5.97 Å². The van der Waals surface area contributed by atoms with E-state index in [0.29, 0.717) is 22.7 Å². The first-order chi connectivity index (χ1) is 17.5. The molecule has 0 fully saturated rings. The van der Waals surface area contributed by atoms with Gasteiger partial charge in [0.25, 0.3) is 0 Å². The smallest absolute Gasteiger partial charge is 0.305 e. The average Bonchev–Trinajstić information content (AvgIpc) is 3.28. The van der Waals surface area contributed by atoms with Crippen LogP contribution in [0.25, 0.3) is 5.69 Å². The van der Waals surface area contributed by atoms with E-state index < -0.39 is 17.8 Å². The van der Waals surface area contributed by atoms with E-state index >= 15 is 0 Å². The largest absolute Gasteiger partial charge is 0.481 e. The maximum absolute atomic E-state index is 14.6. The van der Waals surface area contributed by atoms with Crippen LogP contribution in [0.15, 0.2) is 78.9 Å². The first-order valence-corrected chi connectivity index (χ1v) is 11.4. The Kier molecular flexibility index (Phi) is 7.73. The van der Waals surface area contributed by atoms with Crippen LogP contribution in [0, 0.1) is 24.1 Å². The summed E-state index contributed by atoms with van der Waals surface area (Å²) in [6.45, 7) is 2.27. The Morgan fingerprint density at radius 2 is 1.86 bits per heavy atom. The second-order valence-corrected chi connectivity index (χ2v) is 8.28. The van der Waals surface area contributed by atoms with Crippen molar-refractivity contribution in [3.8, 4) is 17.6 Å². The molecule has 0 spiro atoms. The molecule has 1 atom stereocenters. The molecule has 3 aromatic carbocycles. The Hall–Kier alpha value is -4.48. The van der Waals surface area contributed by atoms with E-state index in [9.17, 15) is 19.6 Å². The van der Waals surface area contributed by atoms with Crippen molar-refractivity contribution in [2.75, 3.05) is 0 Å². The molecule has 4 aromatic rings. The van der Waals surface area contributed by atoms with Crippen molar-refractivity contribution in [2.45, 2.75) is 32.5 Å². The molecule has 0 aliphatic heterocycles. The number of nitriles is 1. The van der Waals surface area contributed by atoms with Gasteiger partial charge in [-0.05, 0) is 36.2 Å². The number of carbonyl (C=O) groups is 1. The topological polar surface area (TPSA) is 100 Å². The molecule has 0 aliphatic rings. The summed E-state index contributed by atoms with van der Waals surface area (Å²) in [6.07, 6.45) is -0.104. The van der Waals surface area contributed by atoms with Crippen LogP contribution >= 0.6 is 0 Å². The van der Waals surface area contributed by atoms with Crippen molar-refractivity contribution in [3.63, 3.8) is 0 Å². The highest BCUT2D eigenvalue weighted by Crippen LogP contribution is 2.25. The molecule has 8 heteroatoms. The molecule has 4 rings (SSSR count). The fraction of sp³-hybridized carbons (Fsp3) is 0.179. The van der Waals surface area contributed by atoms with Gasteiger partial charge >= 0.3 is 5.97 Å². The molecule has 2 N–H and O–H groups in total. The zero-order chi connectivity index (χ0) is 25.5. The van der Waals surface area contributed by atoms with E-state index in [2.05, 4.69) is 16.5 Å². The van der Waals surface area contributed by atoms with Crippen LogP contribution < -0.4 is 10.1 Å². The zero-order valence-electron chi connectivity index (χ0n) is 19.7. The molecule has 0 radical (unpaired) electrons. The van der Waals surface area contributed by atoms with Crippen molar-refractivity contribution in [1.29, 1.82) is 5.26 Å². The van der Waals surface area contributed by atoms with Crippen LogP contribution in [-0.4, -0.2) is 20.9 Å². The van der Waals surface area contributed by atoms with Gasteiger partial charge in [0.1, 0.15) is 18.1 Å². The molecule has 1 heterocycles. The number of carboxylic acid groups (broad SMARTS) is 1. The second-order valence-electron chi connectivity index (χ2n) is 8.28. The maximum atomic E-state index is 14.6. The number of aliphatic carboxylic acids is 1. The SMILES string of the molecule is Cc1ccccc1[C@H](CC(=O)O)NCc1cc(OCc2ccccc2C#N)n(-c2ccccc2F)n1. The van der Waals surface area contributed by atoms with Gasteiger partial charge in [0.2, 0.25) is 5.88 Å². The lowest BCUT2D eigenvalue weighted by Crippen LogP contribution is -2.24. The number of ether oxygens (including phenoxy) is 1. The molecular formula is C28H25FN4O3. The van der Waals surface area contributed by atoms with Crippen LogP contribution in [0.3, 0.4) is 0 Å². The fourth-order valence-corrected chi connectivity index (χ4v) is 3.97. The van der Waals surface area contributed by atoms with Gasteiger partial charge in [-0.2, -0.15) is 15.0 Å². The van der Waals surface area contributed by atoms with Crippen LogP contribution in [0.2, 0.25) is 0 Å². The summed E-state index contributed by atoms with van der Waals surface area (Å²) in [5.41, 5.74) is 3.82. The monoisotopic (exact) mass is 484 g/mol. The third-order valence-electron chi connectivity index (χ3n) is 5.79. The van der Waals surface area contributed by atoms with E-state index in [0.717, 1.165) is 11.1 Å². The van der Waals surface area contributed by atoms with Gasteiger partial charge in [-0.15, -0.1) is 0 Å². The number of para-hydroxylation sites is 1. The highest BCUT2D eigenvalue weighted by molar-refractivity contribution is 5.68. The number of hydrogen-bond donors (Lipinski definition) is 2. The molecule has 0 saturated heterocycles. The number of hydrogen-bond acceptors (Lipinski definition) is 5. The van der Waals surface area contributed by atoms with Gasteiger partial charge in [0.15, 0.2) is 0 Å². The molecule has 182 valence electrons. The molecule has 0 saturated carbocycles. The van der Waals surface area contributed by atoms with E-state index in [4.69, 9.17) is 4.74 Å². The van der Waals surface area contributed by atoms with E-state index in [-0.39, 0.29) is 25.3 Å². The quantitative estimate of drug-likeness (QED) is 0.326. The van der Waals surface area contributed by atoms with Crippen molar-refractivity contribution in [3.05, 3.63) is 113 Å². The summed E-state index contributed by atoms with van der Waals surface area (Å²) in [7, 11) is 0. The lowest BCUT2D eigenvalue weighted by molar-refractivity contribution is -0.137. The van der Waals surface area contributed by atoms with Gasteiger partial charge in [-0.3, -0.25) is 4.79 Å². The average molecular weight is 485 g/mol. The first-order valence-electron chi connectivity index (χ1n) is 11.4. The Balaban J connectivity index is 1.61. The molecule has 0 amide bonds. The van der Waals surface area contributed by atoms with E-state index in [1.54, 1.807) is 42.5 Å². The number of nitrogens with zero attached hydrogens (tertiary/aromatic N) is 3. The lowest BCUT2D eigenvalue weighted by atomic mass is 9.99. The number of carboxylic acids is 1. The van der Waals surface area contributed by atoms with Gasteiger partial charge in [0.05, 0.1) is 23.7 Å². The van der Waals surface area contributed by atoms with Gasteiger partial charge in [0, 0.05) is 24.2 Å². The van der Waals surface area contributed by atoms with Gasteiger partial charge < -0.3 is 15.2 Å². The third-order valence-corrected chi connectivity index (χ3v) is 5.79. The molecule has 0 bridgehead atoms. The highest BCUT2D eigenvalue weighted by atomic mass is 19.1. The minimum absolute atomic E-state index is 0.0988. The number of rotatable bonds is 10. The molecule has 36 heavy (non-hydrogen) atoms. The molecule has 0 aliphatic carbocycles. The Morgan fingerprint density at radius 3 is 2.61 bits per heavy atom. The number of benzene rings is 3. The molecular weight excluding hydrogens is 459 g/mol. The number of nitrogens with one attached hydrogen (secondary N) is 1. The predicted molar refractivity (Wildman–Crippen MR) is 132 cm³/mol. The number of halogens is 1. The van der Waals surface area contributed by atoms with Crippen LogP contribution in [0.1, 0.15) is 40.4 Å². The molecule has 7 nitrogen and oxygen atoms in total. The normalized spacial score (nSPS) is 11.6. The summed E-state index contributed by atoms with van der Waals surface area (Å²) in [5.74, 6) is -1.09. The number of aryl methyl sites for hydroxylation is 1. The maximum Gasteiger partial charge on any atom is 0.305 e. The predicted octanol–water partition coefficient (Wildman–Crippen LogP) is 5.08. The first kappa shape index (κ1) is 24.6. The number of aromatic nitrogens is 2. The standard InChI is InChI=1S/C28H25FN4O3/c1-19-8-2-5-11-23(19)25(15-28(34)35)31-17-22-14-27(33(32-22)26-13-7-6-12-24(26)29)36-18-21-10-4-3-9-20(21)16-30/h2-14,25,31H,15,17-18H2,1H3,(H,34,35)/t25-/m0/s1. The highest BCUT2D eigenvalue weighted by Gasteiger charge is 2.19. The summed E-state index contributed by atoms with van der Waals surface area (Å²) in [4.78, 5) is 11.5. The van der Waals surface area contributed by atoms with Crippen molar-refractivity contribution in [2.24, 2.45) is 0 Å². The van der Waals surface area contributed by atoms with E-state index in [1.807, 2.05) is 37.3 Å². The summed E-state index contributed by atoms with van der Waals surface area (Å²) in [6, 6.07) is 24.3. The minimum atomic E-state index is -0.923. The van der Waals surface area contributed by atoms with Gasteiger partial charge in [-0.1, -0.05) is 54.6 Å². The summed E-state index contributed by atoms with van der Waals surface area (Å²) >= 11 is 0. The molecule has 0 unspecified atom stereocenters. The Morgan fingerprint density at radius 1 is 1.14 bits per heavy atom. The Labute approximate surface area is 208 Å².